The maximum atomic E-state index is 13.2. The van der Waals surface area contributed by atoms with Gasteiger partial charge in [0.2, 0.25) is 0 Å². The Morgan fingerprint density at radius 2 is 1.71 bits per heavy atom. The van der Waals surface area contributed by atoms with Crippen molar-refractivity contribution in [3.05, 3.63) is 65.5 Å². The summed E-state index contributed by atoms with van der Waals surface area (Å²) in [6.07, 6.45) is -2.30. The molecule has 2 aromatic rings. The number of nitrogens with one attached hydrogen (secondary N) is 1. The van der Waals surface area contributed by atoms with Crippen molar-refractivity contribution in [3.8, 4) is 0 Å². The number of carbonyl (C=O) groups is 3. The molecule has 12 heteroatoms. The summed E-state index contributed by atoms with van der Waals surface area (Å²) in [7, 11) is 0. The minimum atomic E-state index is -5.08. The third-order valence-corrected chi connectivity index (χ3v) is 5.96. The van der Waals surface area contributed by atoms with E-state index in [-0.39, 0.29) is 18.5 Å². The van der Waals surface area contributed by atoms with Gasteiger partial charge >= 0.3 is 18.2 Å². The number of piperidine rings is 1. The van der Waals surface area contributed by atoms with E-state index in [0.717, 1.165) is 11.3 Å². The first-order valence-electron chi connectivity index (χ1n) is 10.8. The maximum Gasteiger partial charge on any atom is 0.490 e. The summed E-state index contributed by atoms with van der Waals surface area (Å²) in [5, 5.41) is 10.1. The fourth-order valence-corrected chi connectivity index (χ4v) is 4.29. The standard InChI is InChI=1S/C21H23FN4O2.C2HF3O2/c22-10-14-26-19(27)17-7-4-11-23-18(17)21(26)8-12-25(13-9-21)20(28)24-15-16-5-2-1-3-6-16;3-2(4,5)1(6)7/h1-7,11H,8-10,12-15H2,(H,24,28);(H,6,7). The molecule has 1 saturated heterocycles. The number of alkyl halides is 4. The Morgan fingerprint density at radius 1 is 1.09 bits per heavy atom. The largest absolute Gasteiger partial charge is 0.490 e. The molecule has 0 aliphatic carbocycles. The van der Waals surface area contributed by atoms with Crippen LogP contribution in [0.1, 0.15) is 34.5 Å². The highest BCUT2D eigenvalue weighted by atomic mass is 19.4. The molecule has 0 atom stereocenters. The number of carboxylic acids is 1. The van der Waals surface area contributed by atoms with E-state index in [2.05, 4.69) is 10.3 Å². The zero-order valence-corrected chi connectivity index (χ0v) is 18.6. The number of pyridine rings is 1. The van der Waals surface area contributed by atoms with E-state index in [0.29, 0.717) is 38.0 Å². The van der Waals surface area contributed by atoms with E-state index in [1.54, 1.807) is 28.1 Å². The van der Waals surface area contributed by atoms with Gasteiger partial charge in [0.15, 0.2) is 0 Å². The average molecular weight is 496 g/mol. The van der Waals surface area contributed by atoms with Crippen LogP contribution in [0.25, 0.3) is 0 Å². The topological polar surface area (TPSA) is 103 Å². The second kappa shape index (κ2) is 10.7. The molecule has 35 heavy (non-hydrogen) atoms. The third kappa shape index (κ3) is 5.69. The number of nitrogens with zero attached hydrogens (tertiary/aromatic N) is 3. The van der Waals surface area contributed by atoms with Crippen LogP contribution < -0.4 is 5.32 Å². The molecule has 0 radical (unpaired) electrons. The zero-order valence-electron chi connectivity index (χ0n) is 18.6. The number of carboxylic acid groups (broad SMARTS) is 1. The van der Waals surface area contributed by atoms with Gasteiger partial charge in [0.1, 0.15) is 6.67 Å². The number of urea groups is 1. The molecule has 1 aromatic carbocycles. The van der Waals surface area contributed by atoms with Gasteiger partial charge in [0.25, 0.3) is 5.91 Å². The summed E-state index contributed by atoms with van der Waals surface area (Å²) in [6, 6.07) is 13.1. The van der Waals surface area contributed by atoms with Crippen molar-refractivity contribution in [2.24, 2.45) is 0 Å². The lowest BCUT2D eigenvalue weighted by Gasteiger charge is -2.44. The average Bonchev–Trinajstić information content (AvgIpc) is 3.07. The number of amides is 3. The van der Waals surface area contributed by atoms with Crippen LogP contribution >= 0.6 is 0 Å². The van der Waals surface area contributed by atoms with Crippen LogP contribution in [0, 0.1) is 0 Å². The molecule has 0 saturated carbocycles. The van der Waals surface area contributed by atoms with Crippen molar-refractivity contribution < 1.29 is 37.1 Å². The van der Waals surface area contributed by atoms with Crippen molar-refractivity contribution >= 4 is 17.9 Å². The molecular weight excluding hydrogens is 472 g/mol. The van der Waals surface area contributed by atoms with Crippen LogP contribution in [0.4, 0.5) is 22.4 Å². The Bertz CT molecular complexity index is 1060. The minimum Gasteiger partial charge on any atom is -0.475 e. The highest BCUT2D eigenvalue weighted by Crippen LogP contribution is 2.45. The molecule has 0 bridgehead atoms. The normalized spacial score (nSPS) is 16.4. The van der Waals surface area contributed by atoms with E-state index in [4.69, 9.17) is 9.90 Å². The molecule has 1 fully saturated rings. The van der Waals surface area contributed by atoms with Crippen molar-refractivity contribution in [1.29, 1.82) is 0 Å². The van der Waals surface area contributed by atoms with Gasteiger partial charge in [-0.15, -0.1) is 0 Å². The number of benzene rings is 1. The SMILES string of the molecule is O=C(NCc1ccccc1)N1CCC2(CC1)c1ncccc1C(=O)N2CCF.O=C(O)C(F)(F)F. The summed E-state index contributed by atoms with van der Waals surface area (Å²) in [4.78, 5) is 42.0. The Labute approximate surface area is 198 Å². The van der Waals surface area contributed by atoms with Crippen LogP contribution in [0.2, 0.25) is 0 Å². The summed E-state index contributed by atoms with van der Waals surface area (Å²) in [5.74, 6) is -2.92. The number of fused-ring (bicyclic) bond motifs is 2. The molecule has 2 N–H and O–H groups in total. The van der Waals surface area contributed by atoms with Gasteiger partial charge in [-0.05, 0) is 30.5 Å². The van der Waals surface area contributed by atoms with Crippen molar-refractivity contribution in [2.45, 2.75) is 31.1 Å². The van der Waals surface area contributed by atoms with E-state index in [1.807, 2.05) is 30.3 Å². The number of carbonyl (C=O) groups excluding carboxylic acids is 2. The van der Waals surface area contributed by atoms with E-state index < -0.39 is 24.4 Å². The monoisotopic (exact) mass is 496 g/mol. The third-order valence-electron chi connectivity index (χ3n) is 5.96. The number of aromatic nitrogens is 1. The first-order chi connectivity index (χ1) is 16.6. The number of aliphatic carboxylic acids is 1. The summed E-state index contributed by atoms with van der Waals surface area (Å²) < 4.78 is 44.9. The fourth-order valence-electron chi connectivity index (χ4n) is 4.29. The number of hydrogen-bond acceptors (Lipinski definition) is 4. The van der Waals surface area contributed by atoms with Crippen LogP contribution in [0.5, 0.6) is 0 Å². The van der Waals surface area contributed by atoms with Gasteiger partial charge in [-0.2, -0.15) is 13.2 Å². The second-order valence-corrected chi connectivity index (χ2v) is 8.01. The predicted octanol–water partition coefficient (Wildman–Crippen LogP) is 3.34. The summed E-state index contributed by atoms with van der Waals surface area (Å²) >= 11 is 0. The van der Waals surface area contributed by atoms with Gasteiger partial charge < -0.3 is 20.2 Å². The molecule has 3 heterocycles. The summed E-state index contributed by atoms with van der Waals surface area (Å²) in [6.45, 7) is 0.912. The van der Waals surface area contributed by atoms with Crippen LogP contribution in [-0.4, -0.2) is 70.3 Å². The van der Waals surface area contributed by atoms with Crippen LogP contribution in [0.15, 0.2) is 48.7 Å². The van der Waals surface area contributed by atoms with Gasteiger partial charge in [0, 0.05) is 25.8 Å². The lowest BCUT2D eigenvalue weighted by atomic mass is 9.84. The van der Waals surface area contributed by atoms with E-state index >= 15 is 0 Å². The Kier molecular flexibility index (Phi) is 7.92. The van der Waals surface area contributed by atoms with E-state index in [1.165, 1.54) is 0 Å². The number of likely N-dealkylation sites (tertiary alicyclic amines) is 1. The van der Waals surface area contributed by atoms with Gasteiger partial charge in [0.05, 0.1) is 23.3 Å². The number of hydrogen-bond donors (Lipinski definition) is 2. The van der Waals surface area contributed by atoms with Gasteiger partial charge in [-0.25, -0.2) is 14.0 Å². The lowest BCUT2D eigenvalue weighted by Crippen LogP contribution is -2.54. The van der Waals surface area contributed by atoms with Crippen molar-refractivity contribution in [2.75, 3.05) is 26.3 Å². The van der Waals surface area contributed by atoms with Crippen molar-refractivity contribution in [1.82, 2.24) is 20.1 Å². The first-order valence-corrected chi connectivity index (χ1v) is 10.8. The van der Waals surface area contributed by atoms with Crippen molar-refractivity contribution in [3.63, 3.8) is 0 Å². The molecule has 2 aliphatic rings. The Morgan fingerprint density at radius 3 is 2.29 bits per heavy atom. The molecule has 3 amide bonds. The first kappa shape index (κ1) is 25.9. The smallest absolute Gasteiger partial charge is 0.475 e. The second-order valence-electron chi connectivity index (χ2n) is 8.01. The van der Waals surface area contributed by atoms with Gasteiger partial charge in [-0.1, -0.05) is 30.3 Å². The molecule has 2 aliphatic heterocycles. The highest BCUT2D eigenvalue weighted by Gasteiger charge is 2.52. The fraction of sp³-hybridized carbons (Fsp3) is 0.391. The Hall–Kier alpha value is -3.70. The maximum absolute atomic E-state index is 13.2. The Balaban J connectivity index is 0.000000429. The zero-order chi connectivity index (χ0) is 25.6. The van der Waals surface area contributed by atoms with Gasteiger partial charge in [-0.3, -0.25) is 9.78 Å². The van der Waals surface area contributed by atoms with Crippen LogP contribution in [0.3, 0.4) is 0 Å². The molecule has 188 valence electrons. The number of halogens is 4. The summed E-state index contributed by atoms with van der Waals surface area (Å²) in [5.41, 5.74) is 1.70. The van der Waals surface area contributed by atoms with Crippen LogP contribution in [-0.2, 0) is 16.9 Å². The molecule has 0 unspecified atom stereocenters. The molecule has 1 spiro atoms. The predicted molar refractivity (Wildman–Crippen MR) is 116 cm³/mol. The van der Waals surface area contributed by atoms with E-state index in [9.17, 15) is 27.2 Å². The molecule has 1 aromatic heterocycles. The highest BCUT2D eigenvalue weighted by molar-refractivity contribution is 5.99. The molecule has 4 rings (SSSR count). The quantitative estimate of drug-likeness (QED) is 0.633. The lowest BCUT2D eigenvalue weighted by molar-refractivity contribution is -0.192. The molecule has 8 nitrogen and oxygen atoms in total. The minimum absolute atomic E-state index is 0.0510. The number of rotatable bonds is 4. The molecular formula is C23H24F4N4O4.